The number of aryl methyl sites for hydroxylation is 1. The molecule has 0 bridgehead atoms. The maximum absolute atomic E-state index is 4.01. The average molecular weight is 282 g/mol. The summed E-state index contributed by atoms with van der Waals surface area (Å²) in [5.74, 6) is 3.59. The van der Waals surface area contributed by atoms with Gasteiger partial charge in [0.1, 0.15) is 0 Å². The van der Waals surface area contributed by atoms with Crippen molar-refractivity contribution in [3.63, 3.8) is 0 Å². The highest BCUT2D eigenvalue weighted by atomic mass is 14.4. The summed E-state index contributed by atoms with van der Waals surface area (Å²) in [4.78, 5) is 0. The zero-order chi connectivity index (χ0) is 14.7. The second kappa shape index (κ2) is 6.81. The molecular formula is C21H30. The Labute approximate surface area is 130 Å². The van der Waals surface area contributed by atoms with Crippen LogP contribution < -0.4 is 0 Å². The summed E-state index contributed by atoms with van der Waals surface area (Å²) in [6, 6.07) is 9.54. The van der Waals surface area contributed by atoms with Crippen molar-refractivity contribution in [3.8, 4) is 0 Å². The standard InChI is InChI=1S/C21H30/c1-3-5-17-7-9-18(10-8-17)20-13-12-19-14-16(4-2)6-11-21(19)15-20/h4,7-10,16,19-21H,2-3,5-6,11-15H2,1H3. The second-order valence-corrected chi connectivity index (χ2v) is 7.33. The maximum Gasteiger partial charge on any atom is -0.0159 e. The third kappa shape index (κ3) is 3.42. The van der Waals surface area contributed by atoms with Gasteiger partial charge < -0.3 is 0 Å². The molecule has 0 saturated heterocycles. The monoisotopic (exact) mass is 282 g/mol. The minimum absolute atomic E-state index is 0.802. The van der Waals surface area contributed by atoms with Crippen molar-refractivity contribution >= 4 is 0 Å². The van der Waals surface area contributed by atoms with Crippen LogP contribution in [0.1, 0.15) is 68.9 Å². The van der Waals surface area contributed by atoms with Crippen LogP contribution in [0, 0.1) is 17.8 Å². The summed E-state index contributed by atoms with van der Waals surface area (Å²) in [6.45, 7) is 6.27. The highest BCUT2D eigenvalue weighted by Crippen LogP contribution is 2.47. The van der Waals surface area contributed by atoms with Gasteiger partial charge in [-0.25, -0.2) is 0 Å². The zero-order valence-electron chi connectivity index (χ0n) is 13.6. The van der Waals surface area contributed by atoms with Crippen LogP contribution >= 0.6 is 0 Å². The number of hydrogen-bond acceptors (Lipinski definition) is 0. The Hall–Kier alpha value is -1.04. The van der Waals surface area contributed by atoms with Crippen LogP contribution in [-0.4, -0.2) is 0 Å². The van der Waals surface area contributed by atoms with Gasteiger partial charge in [0.2, 0.25) is 0 Å². The first-order chi connectivity index (χ1) is 10.3. The number of fused-ring (bicyclic) bond motifs is 1. The van der Waals surface area contributed by atoms with E-state index in [9.17, 15) is 0 Å². The van der Waals surface area contributed by atoms with E-state index in [1.807, 2.05) is 0 Å². The third-order valence-electron chi connectivity index (χ3n) is 5.98. The maximum atomic E-state index is 4.01. The van der Waals surface area contributed by atoms with Crippen LogP contribution in [0.5, 0.6) is 0 Å². The summed E-state index contributed by atoms with van der Waals surface area (Å²) in [6.07, 6.45) is 13.2. The van der Waals surface area contributed by atoms with Gasteiger partial charge in [0.25, 0.3) is 0 Å². The molecular weight excluding hydrogens is 252 g/mol. The molecule has 0 nitrogen and oxygen atoms in total. The average Bonchev–Trinajstić information content (AvgIpc) is 2.55. The fraction of sp³-hybridized carbons (Fsp3) is 0.619. The van der Waals surface area contributed by atoms with E-state index in [4.69, 9.17) is 0 Å². The van der Waals surface area contributed by atoms with Gasteiger partial charge in [0.15, 0.2) is 0 Å². The lowest BCUT2D eigenvalue weighted by atomic mass is 9.64. The van der Waals surface area contributed by atoms with Gasteiger partial charge >= 0.3 is 0 Å². The van der Waals surface area contributed by atoms with Crippen LogP contribution in [0.2, 0.25) is 0 Å². The molecule has 2 aliphatic carbocycles. The Balaban J connectivity index is 1.62. The topological polar surface area (TPSA) is 0 Å². The molecule has 2 aliphatic rings. The summed E-state index contributed by atoms with van der Waals surface area (Å²) in [7, 11) is 0. The first kappa shape index (κ1) is 14.9. The molecule has 3 rings (SSSR count). The van der Waals surface area contributed by atoms with Crippen molar-refractivity contribution in [1.82, 2.24) is 0 Å². The Morgan fingerprint density at radius 2 is 1.71 bits per heavy atom. The number of hydrogen-bond donors (Lipinski definition) is 0. The van der Waals surface area contributed by atoms with Crippen molar-refractivity contribution in [1.29, 1.82) is 0 Å². The molecule has 0 N–H and O–H groups in total. The lowest BCUT2D eigenvalue weighted by Crippen LogP contribution is -2.29. The van der Waals surface area contributed by atoms with E-state index < -0.39 is 0 Å². The van der Waals surface area contributed by atoms with Crippen molar-refractivity contribution in [2.75, 3.05) is 0 Å². The first-order valence-corrected chi connectivity index (χ1v) is 9.01. The van der Waals surface area contributed by atoms with Gasteiger partial charge in [0.05, 0.1) is 0 Å². The molecule has 0 aliphatic heterocycles. The van der Waals surface area contributed by atoms with E-state index in [0.717, 1.165) is 23.7 Å². The molecule has 0 spiro atoms. The molecule has 1 aromatic carbocycles. The van der Waals surface area contributed by atoms with Crippen LogP contribution in [0.25, 0.3) is 0 Å². The van der Waals surface area contributed by atoms with Gasteiger partial charge in [-0.2, -0.15) is 0 Å². The minimum Gasteiger partial charge on any atom is -0.103 e. The second-order valence-electron chi connectivity index (χ2n) is 7.33. The minimum atomic E-state index is 0.802. The lowest BCUT2D eigenvalue weighted by Gasteiger charge is -2.41. The van der Waals surface area contributed by atoms with Crippen molar-refractivity contribution in [2.45, 2.75) is 64.2 Å². The summed E-state index contributed by atoms with van der Waals surface area (Å²) >= 11 is 0. The quantitative estimate of drug-likeness (QED) is 0.583. The third-order valence-corrected chi connectivity index (χ3v) is 5.98. The summed E-state index contributed by atoms with van der Waals surface area (Å²) in [5.41, 5.74) is 3.10. The van der Waals surface area contributed by atoms with Crippen LogP contribution in [-0.2, 0) is 6.42 Å². The lowest BCUT2D eigenvalue weighted by molar-refractivity contribution is 0.133. The Morgan fingerprint density at radius 1 is 1.00 bits per heavy atom. The predicted octanol–water partition coefficient (Wildman–Crippen LogP) is 6.13. The fourth-order valence-corrected chi connectivity index (χ4v) is 4.69. The predicted molar refractivity (Wildman–Crippen MR) is 91.5 cm³/mol. The van der Waals surface area contributed by atoms with Gasteiger partial charge in [-0.1, -0.05) is 43.7 Å². The molecule has 2 fully saturated rings. The number of benzene rings is 1. The molecule has 2 saturated carbocycles. The van der Waals surface area contributed by atoms with Gasteiger partial charge in [-0.05, 0) is 79.7 Å². The van der Waals surface area contributed by atoms with Crippen LogP contribution in [0.15, 0.2) is 36.9 Å². The van der Waals surface area contributed by atoms with E-state index in [0.29, 0.717) is 0 Å². The summed E-state index contributed by atoms with van der Waals surface area (Å²) < 4.78 is 0. The highest BCUT2D eigenvalue weighted by molar-refractivity contribution is 5.26. The Morgan fingerprint density at radius 3 is 2.43 bits per heavy atom. The van der Waals surface area contributed by atoms with Crippen LogP contribution in [0.3, 0.4) is 0 Å². The molecule has 0 aromatic heterocycles. The van der Waals surface area contributed by atoms with E-state index in [1.165, 1.54) is 56.9 Å². The molecule has 4 unspecified atom stereocenters. The Bertz CT molecular complexity index is 455. The molecule has 4 atom stereocenters. The van der Waals surface area contributed by atoms with Crippen molar-refractivity contribution < 1.29 is 0 Å². The molecule has 0 radical (unpaired) electrons. The van der Waals surface area contributed by atoms with Gasteiger partial charge in [-0.15, -0.1) is 6.58 Å². The van der Waals surface area contributed by atoms with E-state index >= 15 is 0 Å². The highest BCUT2D eigenvalue weighted by Gasteiger charge is 2.35. The fourth-order valence-electron chi connectivity index (χ4n) is 4.69. The Kier molecular flexibility index (Phi) is 4.83. The van der Waals surface area contributed by atoms with E-state index in [1.54, 1.807) is 5.56 Å². The molecule has 114 valence electrons. The van der Waals surface area contributed by atoms with E-state index in [2.05, 4.69) is 43.8 Å². The molecule has 0 amide bonds. The van der Waals surface area contributed by atoms with Crippen molar-refractivity contribution in [2.24, 2.45) is 17.8 Å². The number of allylic oxidation sites excluding steroid dienone is 1. The van der Waals surface area contributed by atoms with Gasteiger partial charge in [-0.3, -0.25) is 0 Å². The molecule has 0 heterocycles. The smallest absolute Gasteiger partial charge is 0.0159 e. The summed E-state index contributed by atoms with van der Waals surface area (Å²) in [5, 5.41) is 0. The van der Waals surface area contributed by atoms with Crippen molar-refractivity contribution in [3.05, 3.63) is 48.0 Å². The molecule has 21 heavy (non-hydrogen) atoms. The molecule has 1 aromatic rings. The normalized spacial score (nSPS) is 32.4. The zero-order valence-corrected chi connectivity index (χ0v) is 13.6. The first-order valence-electron chi connectivity index (χ1n) is 9.01. The SMILES string of the molecule is C=CC1CCC2CC(c3ccc(CCC)cc3)CCC2C1. The van der Waals surface area contributed by atoms with E-state index in [-0.39, 0.29) is 0 Å². The molecule has 0 heteroatoms. The van der Waals surface area contributed by atoms with Gasteiger partial charge in [0, 0.05) is 0 Å². The number of rotatable bonds is 4. The largest absolute Gasteiger partial charge is 0.103 e. The van der Waals surface area contributed by atoms with Crippen LogP contribution in [0.4, 0.5) is 0 Å².